The Morgan fingerprint density at radius 1 is 1.35 bits per heavy atom. The van der Waals surface area contributed by atoms with E-state index in [-0.39, 0.29) is 12.2 Å². The fraction of sp³-hybridized carbons (Fsp3) is 0.600. The van der Waals surface area contributed by atoms with Gasteiger partial charge < -0.3 is 24.8 Å². The maximum Gasteiger partial charge on any atom is 0.231 e. The molecule has 112 valence electrons. The number of hydrogen-bond donors (Lipinski definition) is 1. The van der Waals surface area contributed by atoms with E-state index >= 15 is 0 Å². The molecule has 20 heavy (non-hydrogen) atoms. The second kappa shape index (κ2) is 5.89. The minimum absolute atomic E-state index is 0.106. The van der Waals surface area contributed by atoms with Crippen LogP contribution in [0.4, 0.5) is 0 Å². The van der Waals surface area contributed by atoms with Gasteiger partial charge in [0, 0.05) is 13.1 Å². The van der Waals surface area contributed by atoms with Crippen molar-refractivity contribution in [3.05, 3.63) is 17.7 Å². The summed E-state index contributed by atoms with van der Waals surface area (Å²) >= 11 is 0. The van der Waals surface area contributed by atoms with Crippen LogP contribution in [0.3, 0.4) is 0 Å². The molecule has 2 rings (SSSR count). The SMILES string of the molecule is COc1cc(CN(C)CC(C)(C)CN)cc2c1OCO2. The Morgan fingerprint density at radius 2 is 2.10 bits per heavy atom. The van der Waals surface area contributed by atoms with Crippen LogP contribution in [0.2, 0.25) is 0 Å². The van der Waals surface area contributed by atoms with E-state index in [1.807, 2.05) is 12.1 Å². The molecule has 0 saturated carbocycles. The van der Waals surface area contributed by atoms with Gasteiger partial charge in [0.05, 0.1) is 7.11 Å². The number of fused-ring (bicyclic) bond motifs is 1. The molecule has 1 aliphatic rings. The van der Waals surface area contributed by atoms with E-state index in [9.17, 15) is 0 Å². The van der Waals surface area contributed by atoms with Gasteiger partial charge in [0.2, 0.25) is 12.5 Å². The zero-order valence-electron chi connectivity index (χ0n) is 12.7. The standard InChI is InChI=1S/C15H24N2O3/c1-15(2,8-16)9-17(3)7-11-5-12(18-4)14-13(6-11)19-10-20-14/h5-6H,7-10,16H2,1-4H3. The molecule has 0 aliphatic carbocycles. The molecule has 5 heteroatoms. The summed E-state index contributed by atoms with van der Waals surface area (Å²) in [5.74, 6) is 2.17. The van der Waals surface area contributed by atoms with Crippen LogP contribution in [0.1, 0.15) is 19.4 Å². The number of rotatable bonds is 6. The highest BCUT2D eigenvalue weighted by Crippen LogP contribution is 2.42. The van der Waals surface area contributed by atoms with Crippen LogP contribution in [0.25, 0.3) is 0 Å². The van der Waals surface area contributed by atoms with Crippen molar-refractivity contribution in [3.8, 4) is 17.2 Å². The molecule has 0 aromatic heterocycles. The van der Waals surface area contributed by atoms with Crippen LogP contribution in [-0.4, -0.2) is 38.9 Å². The number of methoxy groups -OCH3 is 1. The number of benzene rings is 1. The molecule has 0 atom stereocenters. The summed E-state index contributed by atoms with van der Waals surface area (Å²) in [7, 11) is 3.73. The van der Waals surface area contributed by atoms with Crippen molar-refractivity contribution >= 4 is 0 Å². The minimum atomic E-state index is 0.106. The van der Waals surface area contributed by atoms with E-state index in [1.54, 1.807) is 7.11 Å². The molecule has 5 nitrogen and oxygen atoms in total. The summed E-state index contributed by atoms with van der Waals surface area (Å²) in [6.45, 7) is 7.01. The number of nitrogens with two attached hydrogens (primary N) is 1. The second-order valence-corrected chi connectivity index (χ2v) is 6.07. The third kappa shape index (κ3) is 3.35. The highest BCUT2D eigenvalue weighted by atomic mass is 16.7. The Morgan fingerprint density at radius 3 is 2.75 bits per heavy atom. The zero-order valence-corrected chi connectivity index (χ0v) is 12.7. The Labute approximate surface area is 120 Å². The van der Waals surface area contributed by atoms with Crippen molar-refractivity contribution in [1.82, 2.24) is 4.90 Å². The highest BCUT2D eigenvalue weighted by Gasteiger charge is 2.22. The van der Waals surface area contributed by atoms with Crippen molar-refractivity contribution in [2.45, 2.75) is 20.4 Å². The van der Waals surface area contributed by atoms with Crippen LogP contribution in [0, 0.1) is 5.41 Å². The molecule has 0 amide bonds. The van der Waals surface area contributed by atoms with Gasteiger partial charge in [0.1, 0.15) is 0 Å². The lowest BCUT2D eigenvalue weighted by Gasteiger charge is -2.29. The van der Waals surface area contributed by atoms with Gasteiger partial charge in [-0.3, -0.25) is 0 Å². The van der Waals surface area contributed by atoms with Crippen LogP contribution in [0.15, 0.2) is 12.1 Å². The molecule has 0 fully saturated rings. The molecule has 0 bridgehead atoms. The third-order valence-corrected chi connectivity index (χ3v) is 3.42. The van der Waals surface area contributed by atoms with Gasteiger partial charge in [-0.2, -0.15) is 0 Å². The number of nitrogens with zero attached hydrogens (tertiary/aromatic N) is 1. The molecule has 2 N–H and O–H groups in total. The van der Waals surface area contributed by atoms with Crippen LogP contribution >= 0.6 is 0 Å². The third-order valence-electron chi connectivity index (χ3n) is 3.42. The van der Waals surface area contributed by atoms with Gasteiger partial charge in [0.25, 0.3) is 0 Å². The maximum atomic E-state index is 5.78. The summed E-state index contributed by atoms with van der Waals surface area (Å²) in [5, 5.41) is 0. The van der Waals surface area contributed by atoms with Gasteiger partial charge in [-0.15, -0.1) is 0 Å². The molecule has 1 aromatic rings. The van der Waals surface area contributed by atoms with Crippen molar-refractivity contribution in [2.75, 3.05) is 34.0 Å². The predicted octanol–water partition coefficient (Wildman–Crippen LogP) is 1.84. The van der Waals surface area contributed by atoms with Gasteiger partial charge in [-0.25, -0.2) is 0 Å². The molecular formula is C15H24N2O3. The first-order valence-electron chi connectivity index (χ1n) is 6.80. The van der Waals surface area contributed by atoms with Gasteiger partial charge >= 0.3 is 0 Å². The van der Waals surface area contributed by atoms with E-state index in [4.69, 9.17) is 19.9 Å². The second-order valence-electron chi connectivity index (χ2n) is 6.07. The molecule has 0 spiro atoms. The molecule has 1 aromatic carbocycles. The average molecular weight is 280 g/mol. The number of hydrogen-bond acceptors (Lipinski definition) is 5. The lowest BCUT2D eigenvalue weighted by Crippen LogP contribution is -2.36. The van der Waals surface area contributed by atoms with E-state index < -0.39 is 0 Å². The molecule has 0 unspecified atom stereocenters. The van der Waals surface area contributed by atoms with E-state index in [1.165, 1.54) is 0 Å². The molecule has 1 heterocycles. The summed E-state index contributed by atoms with van der Waals surface area (Å²) < 4.78 is 16.2. The van der Waals surface area contributed by atoms with Crippen LogP contribution in [0.5, 0.6) is 17.2 Å². The summed E-state index contributed by atoms with van der Waals surface area (Å²) in [6, 6.07) is 4.01. The van der Waals surface area contributed by atoms with Gasteiger partial charge in [0.15, 0.2) is 11.5 Å². The summed E-state index contributed by atoms with van der Waals surface area (Å²) in [5.41, 5.74) is 7.03. The van der Waals surface area contributed by atoms with E-state index in [2.05, 4.69) is 25.8 Å². The first kappa shape index (κ1) is 14.9. The summed E-state index contributed by atoms with van der Waals surface area (Å²) in [6.07, 6.45) is 0. The monoisotopic (exact) mass is 280 g/mol. The Hall–Kier alpha value is -1.46. The maximum absolute atomic E-state index is 5.78. The lowest BCUT2D eigenvalue weighted by molar-refractivity contribution is 0.171. The smallest absolute Gasteiger partial charge is 0.231 e. The summed E-state index contributed by atoms with van der Waals surface area (Å²) in [4.78, 5) is 2.25. The Bertz CT molecular complexity index is 474. The fourth-order valence-corrected chi connectivity index (χ4v) is 2.44. The first-order chi connectivity index (χ1) is 9.45. The van der Waals surface area contributed by atoms with E-state index in [0.29, 0.717) is 12.3 Å². The minimum Gasteiger partial charge on any atom is -0.493 e. The van der Waals surface area contributed by atoms with Crippen molar-refractivity contribution in [1.29, 1.82) is 0 Å². The molecular weight excluding hydrogens is 256 g/mol. The Balaban J connectivity index is 2.10. The lowest BCUT2D eigenvalue weighted by atomic mass is 9.93. The van der Waals surface area contributed by atoms with Gasteiger partial charge in [-0.05, 0) is 36.7 Å². The van der Waals surface area contributed by atoms with Crippen molar-refractivity contribution in [3.63, 3.8) is 0 Å². The van der Waals surface area contributed by atoms with Crippen LogP contribution < -0.4 is 19.9 Å². The largest absolute Gasteiger partial charge is 0.493 e. The normalized spacial score (nSPS) is 13.9. The van der Waals surface area contributed by atoms with Crippen molar-refractivity contribution < 1.29 is 14.2 Å². The quantitative estimate of drug-likeness (QED) is 0.861. The zero-order chi connectivity index (χ0) is 14.8. The highest BCUT2D eigenvalue weighted by molar-refractivity contribution is 5.55. The molecule has 0 radical (unpaired) electrons. The Kier molecular flexibility index (Phi) is 4.40. The average Bonchev–Trinajstić information content (AvgIpc) is 2.85. The predicted molar refractivity (Wildman–Crippen MR) is 78.3 cm³/mol. The topological polar surface area (TPSA) is 57.0 Å². The van der Waals surface area contributed by atoms with Crippen LogP contribution in [-0.2, 0) is 6.54 Å². The van der Waals surface area contributed by atoms with E-state index in [0.717, 1.165) is 30.2 Å². The number of ether oxygens (including phenoxy) is 3. The van der Waals surface area contributed by atoms with Crippen molar-refractivity contribution in [2.24, 2.45) is 11.1 Å². The molecule has 1 aliphatic heterocycles. The van der Waals surface area contributed by atoms with Gasteiger partial charge in [-0.1, -0.05) is 13.8 Å². The molecule has 0 saturated heterocycles. The first-order valence-corrected chi connectivity index (χ1v) is 6.80. The fourth-order valence-electron chi connectivity index (χ4n) is 2.44.